The van der Waals surface area contributed by atoms with Gasteiger partial charge in [-0.25, -0.2) is 9.97 Å². The van der Waals surface area contributed by atoms with Crippen molar-refractivity contribution >= 4 is 5.69 Å². The Bertz CT molecular complexity index is 1080. The fraction of sp³-hybridized carbons (Fsp3) is 0.556. The molecule has 0 amide bonds. The van der Waals surface area contributed by atoms with E-state index in [9.17, 15) is 5.26 Å². The highest BCUT2D eigenvalue weighted by molar-refractivity contribution is 5.45. The standard InChI is InChI=1S/C27H33N7/c1-32(2)27(22-7-4-3-5-8-22)13-11-26(12-14-27)20-33(23-16-30-24(15-28)31-17-23)21-34(26)19-25(18-29)9-6-10-25/h3-5,7-8,16-17H,6,9-14,19-21H2,1-2H3/t26-,27+. The number of hydrogen-bond acceptors (Lipinski definition) is 7. The maximum Gasteiger partial charge on any atom is 0.232 e. The van der Waals surface area contributed by atoms with E-state index in [-0.39, 0.29) is 22.3 Å². The largest absolute Gasteiger partial charge is 0.354 e. The summed E-state index contributed by atoms with van der Waals surface area (Å²) in [5, 5.41) is 19.1. The Hall–Kier alpha value is -3.00. The Morgan fingerprint density at radius 3 is 2.18 bits per heavy atom. The Balaban J connectivity index is 1.43. The topological polar surface area (TPSA) is 83.1 Å². The van der Waals surface area contributed by atoms with Gasteiger partial charge in [-0.1, -0.05) is 36.8 Å². The van der Waals surface area contributed by atoms with Crippen LogP contribution in [0.3, 0.4) is 0 Å². The van der Waals surface area contributed by atoms with Crippen molar-refractivity contribution in [3.05, 3.63) is 54.1 Å². The van der Waals surface area contributed by atoms with E-state index in [1.807, 2.05) is 6.07 Å². The first kappa shape index (κ1) is 22.8. The van der Waals surface area contributed by atoms with E-state index in [1.54, 1.807) is 12.4 Å². The number of hydrogen-bond donors (Lipinski definition) is 0. The van der Waals surface area contributed by atoms with Crippen LogP contribution in [0.25, 0.3) is 0 Å². The number of benzene rings is 1. The minimum atomic E-state index is -0.209. The zero-order valence-corrected chi connectivity index (χ0v) is 20.2. The number of nitriles is 2. The zero-order chi connectivity index (χ0) is 23.8. The molecule has 3 aliphatic rings. The van der Waals surface area contributed by atoms with Crippen molar-refractivity contribution in [2.45, 2.75) is 56.0 Å². The molecule has 34 heavy (non-hydrogen) atoms. The van der Waals surface area contributed by atoms with Crippen LogP contribution < -0.4 is 4.90 Å². The molecule has 0 N–H and O–H groups in total. The van der Waals surface area contributed by atoms with Crippen molar-refractivity contribution in [1.29, 1.82) is 10.5 Å². The van der Waals surface area contributed by atoms with Gasteiger partial charge in [0.25, 0.3) is 0 Å². The van der Waals surface area contributed by atoms with Crippen LogP contribution in [0.15, 0.2) is 42.7 Å². The van der Waals surface area contributed by atoms with E-state index in [0.29, 0.717) is 0 Å². The van der Waals surface area contributed by atoms with Crippen LogP contribution in [0.5, 0.6) is 0 Å². The third-order valence-electron chi connectivity index (χ3n) is 8.82. The number of aromatic nitrogens is 2. The molecule has 176 valence electrons. The molecular weight excluding hydrogens is 422 g/mol. The number of nitrogens with zero attached hydrogens (tertiary/aromatic N) is 7. The molecule has 7 heteroatoms. The molecule has 7 nitrogen and oxygen atoms in total. The molecule has 0 atom stereocenters. The molecule has 2 heterocycles. The first-order valence-electron chi connectivity index (χ1n) is 12.3. The van der Waals surface area contributed by atoms with Gasteiger partial charge in [-0.2, -0.15) is 10.5 Å². The summed E-state index contributed by atoms with van der Waals surface area (Å²) < 4.78 is 0. The smallest absolute Gasteiger partial charge is 0.232 e. The monoisotopic (exact) mass is 455 g/mol. The number of rotatable bonds is 5. The van der Waals surface area contributed by atoms with Gasteiger partial charge in [-0.05, 0) is 58.2 Å². The lowest BCUT2D eigenvalue weighted by molar-refractivity contribution is -0.00588. The Morgan fingerprint density at radius 1 is 0.971 bits per heavy atom. The fourth-order valence-corrected chi connectivity index (χ4v) is 6.41. The van der Waals surface area contributed by atoms with Gasteiger partial charge in [0.1, 0.15) is 6.07 Å². The lowest BCUT2D eigenvalue weighted by Crippen LogP contribution is -2.57. The molecular formula is C27H33N7. The third-order valence-corrected chi connectivity index (χ3v) is 8.82. The average molecular weight is 456 g/mol. The van der Waals surface area contributed by atoms with Gasteiger partial charge >= 0.3 is 0 Å². The maximum absolute atomic E-state index is 9.98. The summed E-state index contributed by atoms with van der Waals surface area (Å²) in [6.07, 6.45) is 11.0. The summed E-state index contributed by atoms with van der Waals surface area (Å²) in [4.78, 5) is 15.8. The summed E-state index contributed by atoms with van der Waals surface area (Å²) in [6, 6.07) is 15.6. The first-order valence-corrected chi connectivity index (χ1v) is 12.3. The molecule has 5 rings (SSSR count). The predicted molar refractivity (Wildman–Crippen MR) is 131 cm³/mol. The number of anilines is 1. The highest BCUT2D eigenvalue weighted by atomic mass is 15.4. The molecule has 1 aromatic heterocycles. The van der Waals surface area contributed by atoms with E-state index < -0.39 is 0 Å². The zero-order valence-electron chi connectivity index (χ0n) is 20.2. The van der Waals surface area contributed by atoms with Crippen LogP contribution in [-0.4, -0.2) is 59.2 Å². The molecule has 0 radical (unpaired) electrons. The third kappa shape index (κ3) is 3.74. The van der Waals surface area contributed by atoms with E-state index in [0.717, 1.165) is 70.4 Å². The van der Waals surface area contributed by atoms with Crippen LogP contribution >= 0.6 is 0 Å². The molecule has 2 aliphatic carbocycles. The summed E-state index contributed by atoms with van der Waals surface area (Å²) >= 11 is 0. The highest BCUT2D eigenvalue weighted by Gasteiger charge is 2.54. The molecule has 1 aliphatic heterocycles. The lowest BCUT2D eigenvalue weighted by atomic mass is 9.66. The second kappa shape index (κ2) is 8.65. The van der Waals surface area contributed by atoms with Gasteiger partial charge in [0, 0.05) is 24.2 Å². The van der Waals surface area contributed by atoms with Crippen LogP contribution in [0, 0.1) is 28.1 Å². The minimum absolute atomic E-state index is 0.0294. The van der Waals surface area contributed by atoms with Crippen LogP contribution in [0.4, 0.5) is 5.69 Å². The molecule has 0 bridgehead atoms. The predicted octanol–water partition coefficient (Wildman–Crippen LogP) is 3.89. The summed E-state index contributed by atoms with van der Waals surface area (Å²) in [6.45, 7) is 2.51. The lowest BCUT2D eigenvalue weighted by Gasteiger charge is -2.52. The second-order valence-corrected chi connectivity index (χ2v) is 10.7. The molecule has 1 aromatic carbocycles. The van der Waals surface area contributed by atoms with E-state index in [4.69, 9.17) is 5.26 Å². The Labute approximate surface area is 202 Å². The quantitative estimate of drug-likeness (QED) is 0.676. The molecule has 1 saturated heterocycles. The van der Waals surface area contributed by atoms with E-state index in [2.05, 4.69) is 75.2 Å². The average Bonchev–Trinajstić information content (AvgIpc) is 3.19. The summed E-state index contributed by atoms with van der Waals surface area (Å²) in [7, 11) is 4.41. The van der Waals surface area contributed by atoms with Crippen molar-refractivity contribution in [1.82, 2.24) is 19.8 Å². The Morgan fingerprint density at radius 2 is 1.65 bits per heavy atom. The van der Waals surface area contributed by atoms with Crippen molar-refractivity contribution in [2.75, 3.05) is 38.8 Å². The van der Waals surface area contributed by atoms with E-state index in [1.165, 1.54) is 5.56 Å². The van der Waals surface area contributed by atoms with Crippen molar-refractivity contribution < 1.29 is 0 Å². The molecule has 0 unspecified atom stereocenters. The van der Waals surface area contributed by atoms with E-state index >= 15 is 0 Å². The molecule has 3 fully saturated rings. The van der Waals surface area contributed by atoms with Crippen molar-refractivity contribution in [2.24, 2.45) is 5.41 Å². The second-order valence-electron chi connectivity index (χ2n) is 10.7. The first-order chi connectivity index (χ1) is 16.4. The van der Waals surface area contributed by atoms with Crippen LogP contribution in [0.2, 0.25) is 0 Å². The summed E-state index contributed by atoms with van der Waals surface area (Å²) in [5.41, 5.74) is 2.20. The van der Waals surface area contributed by atoms with Gasteiger partial charge in [0.15, 0.2) is 0 Å². The molecule has 1 spiro atoms. The SMILES string of the molecule is CN(C)[C@]1(c2ccccc2)CC[C@]2(CC1)CN(c1cnc(C#N)nc1)CN2CC1(C#N)CCC1. The van der Waals surface area contributed by atoms with Gasteiger partial charge in [-0.3, -0.25) is 9.80 Å². The summed E-state index contributed by atoms with van der Waals surface area (Å²) in [5.74, 6) is 0.198. The maximum atomic E-state index is 9.98. The van der Waals surface area contributed by atoms with Gasteiger partial charge in [0.05, 0.1) is 36.2 Å². The van der Waals surface area contributed by atoms with Crippen molar-refractivity contribution in [3.8, 4) is 12.1 Å². The van der Waals surface area contributed by atoms with Gasteiger partial charge in [-0.15, -0.1) is 0 Å². The van der Waals surface area contributed by atoms with Crippen LogP contribution in [0.1, 0.15) is 56.3 Å². The van der Waals surface area contributed by atoms with Crippen molar-refractivity contribution in [3.63, 3.8) is 0 Å². The molecule has 2 saturated carbocycles. The minimum Gasteiger partial charge on any atom is -0.354 e. The van der Waals surface area contributed by atoms with Gasteiger partial charge < -0.3 is 4.90 Å². The van der Waals surface area contributed by atoms with Gasteiger partial charge in [0.2, 0.25) is 5.82 Å². The highest BCUT2D eigenvalue weighted by Crippen LogP contribution is 2.51. The Kier molecular flexibility index (Phi) is 5.80. The van der Waals surface area contributed by atoms with Crippen LogP contribution in [-0.2, 0) is 5.54 Å². The fourth-order valence-electron chi connectivity index (χ4n) is 6.41. The molecule has 2 aromatic rings. The normalized spacial score (nSPS) is 28.4.